The van der Waals surface area contributed by atoms with Gasteiger partial charge < -0.3 is 69.5 Å². The van der Waals surface area contributed by atoms with E-state index in [1.54, 1.807) is 122 Å². The second-order valence-electron chi connectivity index (χ2n) is 28.7. The largest absolute Gasteiger partial charge is 0.511 e. The number of nitrogens with one attached hydrogen (secondary N) is 3. The van der Waals surface area contributed by atoms with Crippen LogP contribution in [0, 0.1) is 0 Å². The number of aromatic nitrogens is 10. The highest BCUT2D eigenvalue weighted by Gasteiger charge is 2.46. The number of anilines is 6. The number of rotatable bonds is 32. The van der Waals surface area contributed by atoms with Crippen LogP contribution in [-0.4, -0.2) is 237 Å². The van der Waals surface area contributed by atoms with Gasteiger partial charge in [0.05, 0.1) is 143 Å². The van der Waals surface area contributed by atoms with Crippen LogP contribution in [0.4, 0.5) is 60.5 Å². The van der Waals surface area contributed by atoms with E-state index in [1.165, 1.54) is 20.4 Å². The molecule has 0 bridgehead atoms. The Bertz CT molecular complexity index is 5340. The van der Waals surface area contributed by atoms with Gasteiger partial charge in [-0.25, -0.2) is 28.1 Å². The molecule has 0 saturated carbocycles. The molecule has 0 spiro atoms. The maximum Gasteiger partial charge on any atom is 0.511 e. The first kappa shape index (κ1) is 91.1. The Morgan fingerprint density at radius 1 is 0.608 bits per heavy atom. The first-order valence-electron chi connectivity index (χ1n) is 38.4. The predicted molar refractivity (Wildman–Crippen MR) is 460 cm³/mol. The summed E-state index contributed by atoms with van der Waals surface area (Å²) >= 11 is 0. The van der Waals surface area contributed by atoms with Crippen LogP contribution in [0.3, 0.4) is 0 Å². The number of likely N-dealkylation sites (tertiary alicyclic amines) is 1. The number of aliphatic hydroxyl groups excluding tert-OH is 1. The zero-order valence-electron chi connectivity index (χ0n) is 68.6. The Balaban J connectivity index is 0.000000189. The number of aliphatic imine (C=N–C) groups is 1. The number of ether oxygens (including phenoxy) is 6. The second kappa shape index (κ2) is 41.7. The fourth-order valence-electron chi connectivity index (χ4n) is 14.3. The number of aryl methyl sites for hydroxylation is 2. The summed E-state index contributed by atoms with van der Waals surface area (Å²) in [5, 5.41) is 24.9. The highest BCUT2D eigenvalue weighted by Crippen LogP contribution is 2.39. The van der Waals surface area contributed by atoms with Gasteiger partial charge in [0.25, 0.3) is 0 Å². The summed E-state index contributed by atoms with van der Waals surface area (Å²) in [6, 6.07) is 34.8. The standard InChI is InChI=1S/C29H34F3N7O4S.C29H39N7O2.C25H27F3N6O3.H2S/c1-37-19-20(16-34-37)28-18-33-26-8-7-21(14-27(26)36-28)39(23-12-24(42-2)15-25(13-23)43-3)11-5-10-38-9-4-6-22(38)17-35-44(40,41)29(30,31)32;1-20-18-35(19-21(2)33-20)9-6-10-36(24-11-25(37-4)14-26(12-24)38-5)23-7-8-27-28(13-23)34-29(17-32-27)22(15-30)16-31-3;1-33-13-16(10-31-33)24-12-30-22-5-4-17(8-23(22)32-24)34(14-19(35)11-29-15-25(26,27)28)18-6-20(36-2)9-21(7-18)37-3;/h7-8,12-16,18-19,22,35H,4-6,9-11,17H2,1-3H3;7-8,11-17,20-21,33H,6,9-10,18-19,30H2,1-5H3;4-10,12-13,19,29,35H,11,14-15H2,1-3H3;1H2/t22-;20-,21+;;/m0.../s1. The van der Waals surface area contributed by atoms with Crippen LogP contribution >= 0.6 is 13.5 Å². The number of benzene rings is 6. The van der Waals surface area contributed by atoms with Crippen molar-refractivity contribution in [2.45, 2.75) is 75.4 Å². The average Bonchev–Trinajstić information content (AvgIpc) is 0.856. The molecule has 6 N–H and O–H groups in total. The molecule has 7 heterocycles. The Morgan fingerprint density at radius 3 is 1.46 bits per heavy atom. The molecule has 2 aliphatic rings. The van der Waals surface area contributed by atoms with Gasteiger partial charge in [-0.1, -0.05) is 0 Å². The minimum absolute atomic E-state index is 0. The maximum atomic E-state index is 12.8. The lowest BCUT2D eigenvalue weighted by Crippen LogP contribution is -2.54. The molecule has 2 saturated heterocycles. The minimum Gasteiger partial charge on any atom is -0.497 e. The fourth-order valence-corrected chi connectivity index (χ4v) is 14.8. The molecule has 1 unspecified atom stereocenters. The quantitative estimate of drug-likeness (QED) is 0.0193. The van der Waals surface area contributed by atoms with Crippen molar-refractivity contribution < 1.29 is 68.3 Å². The second-order valence-corrected chi connectivity index (χ2v) is 30.4. The first-order valence-corrected chi connectivity index (χ1v) is 39.9. The summed E-state index contributed by atoms with van der Waals surface area (Å²) in [5.41, 5.74) is 14.1. The molecule has 642 valence electrons. The van der Waals surface area contributed by atoms with Crippen LogP contribution in [0.2, 0.25) is 0 Å². The fraction of sp³-hybridized carbons (Fsp3) is 0.386. The number of piperazine rings is 1. The van der Waals surface area contributed by atoms with Crippen molar-refractivity contribution in [2.75, 3.05) is 136 Å². The number of sulfonamides is 1. The topological polar surface area (TPSA) is 313 Å². The number of hydrogen-bond donors (Lipinski definition) is 5. The third-order valence-corrected chi connectivity index (χ3v) is 21.1. The SMILES string of the molecule is CN=CC(=CN)c1cnc2ccc(N(CCCN3C[C@@H](C)N[C@@H](C)C3)c3cc(OC)cc(OC)c3)cc2n1.COc1cc(OC)cc(N(CC(O)CNCC(F)(F)F)c2ccc3ncc(-c4cnn(C)c4)nc3c2)c1.COc1cc(OC)cc(N(CCCN2CCC[C@H]2CNS(=O)(=O)C(F)(F)F)c2ccc3ncc(-c4cnn(C)c4)nc3c2)c1.S. The Morgan fingerprint density at radius 2 is 1.04 bits per heavy atom. The lowest BCUT2D eigenvalue weighted by Gasteiger charge is -2.36. The van der Waals surface area contributed by atoms with E-state index in [0.717, 1.165) is 107 Å². The van der Waals surface area contributed by atoms with Crippen LogP contribution in [0.5, 0.6) is 34.5 Å². The molecule has 0 aliphatic carbocycles. The minimum atomic E-state index is -5.39. The van der Waals surface area contributed by atoms with Crippen molar-refractivity contribution >= 4 is 103 Å². The van der Waals surface area contributed by atoms with E-state index in [-0.39, 0.29) is 39.2 Å². The number of nitrogens with two attached hydrogens (primary N) is 1. The number of methoxy groups -OCH3 is 6. The van der Waals surface area contributed by atoms with E-state index in [0.29, 0.717) is 113 Å². The number of nitrogens with zero attached hydrogens (tertiary/aromatic N) is 16. The van der Waals surface area contributed by atoms with Gasteiger partial charge in [0, 0.05) is 215 Å². The molecule has 0 radical (unpaired) electrons. The summed E-state index contributed by atoms with van der Waals surface area (Å²) in [6.07, 6.45) is 12.9. The maximum absolute atomic E-state index is 12.8. The molecule has 5 aromatic heterocycles. The van der Waals surface area contributed by atoms with Crippen LogP contribution in [0.1, 0.15) is 45.2 Å². The lowest BCUT2D eigenvalue weighted by molar-refractivity contribution is -0.125. The van der Waals surface area contributed by atoms with Gasteiger partial charge in [-0.05, 0) is 107 Å². The number of fused-ring (bicyclic) bond motifs is 3. The molecule has 29 nitrogen and oxygen atoms in total. The van der Waals surface area contributed by atoms with Crippen LogP contribution < -0.4 is 64.2 Å². The van der Waals surface area contributed by atoms with Crippen molar-refractivity contribution in [3.8, 4) is 57.0 Å². The molecule has 6 aromatic carbocycles. The van der Waals surface area contributed by atoms with E-state index in [2.05, 4.69) is 81.5 Å². The number of aliphatic hydroxyl groups is 1. The van der Waals surface area contributed by atoms with Gasteiger partial charge in [-0.3, -0.25) is 34.2 Å². The Kier molecular flexibility index (Phi) is 31.6. The van der Waals surface area contributed by atoms with Gasteiger partial charge in [0.15, 0.2) is 0 Å². The van der Waals surface area contributed by atoms with E-state index < -0.39 is 34.4 Å². The summed E-state index contributed by atoms with van der Waals surface area (Å²) in [7, 11) is 9.50. The molecule has 120 heavy (non-hydrogen) atoms. The summed E-state index contributed by atoms with van der Waals surface area (Å²) < 4.78 is 137. The molecule has 11 aromatic rings. The van der Waals surface area contributed by atoms with E-state index in [1.807, 2.05) is 98.1 Å². The number of alkyl halides is 6. The Hall–Kier alpha value is -11.2. The molecule has 13 rings (SSSR count). The molecule has 37 heteroatoms. The smallest absolute Gasteiger partial charge is 0.497 e. The van der Waals surface area contributed by atoms with Gasteiger partial charge in [-0.15, -0.1) is 0 Å². The van der Waals surface area contributed by atoms with Crippen molar-refractivity contribution in [3.05, 3.63) is 164 Å². The van der Waals surface area contributed by atoms with E-state index in [9.17, 15) is 39.9 Å². The molecular formula is C83H102F6N20O9S2. The highest BCUT2D eigenvalue weighted by atomic mass is 32.2. The summed E-state index contributed by atoms with van der Waals surface area (Å²) in [5.74, 6) is 3.75. The number of allylic oxidation sites excluding steroid dienone is 1. The van der Waals surface area contributed by atoms with Gasteiger partial charge >= 0.3 is 21.7 Å². The molecule has 4 atom stereocenters. The zero-order chi connectivity index (χ0) is 85.1. The summed E-state index contributed by atoms with van der Waals surface area (Å²) in [6.45, 7) is 8.48. The normalized spacial score (nSPS) is 15.7. The molecule has 2 aliphatic heterocycles. The lowest BCUT2D eigenvalue weighted by atomic mass is 10.1. The zero-order valence-corrected chi connectivity index (χ0v) is 70.4. The highest BCUT2D eigenvalue weighted by molar-refractivity contribution is 7.90. The monoisotopic (exact) mass is 1700 g/mol. The molecular weight excluding hydrogens is 1600 g/mol. The van der Waals surface area contributed by atoms with Crippen molar-refractivity contribution in [3.63, 3.8) is 0 Å². The van der Waals surface area contributed by atoms with Crippen molar-refractivity contribution in [1.82, 2.24) is 74.6 Å². The van der Waals surface area contributed by atoms with Crippen LogP contribution in [0.15, 0.2) is 164 Å². The first-order chi connectivity index (χ1) is 57.0. The third kappa shape index (κ3) is 24.3. The summed E-state index contributed by atoms with van der Waals surface area (Å²) in [4.78, 5) is 42.9. The third-order valence-electron chi connectivity index (χ3n) is 19.9. The molecule has 2 fully saturated rings. The van der Waals surface area contributed by atoms with Crippen molar-refractivity contribution in [2.24, 2.45) is 24.8 Å². The van der Waals surface area contributed by atoms with E-state index in [4.69, 9.17) is 49.1 Å². The van der Waals surface area contributed by atoms with Gasteiger partial charge in [0.2, 0.25) is 0 Å². The Labute approximate surface area is 700 Å². The van der Waals surface area contributed by atoms with E-state index >= 15 is 0 Å². The molecule has 0 amide bonds. The predicted octanol–water partition coefficient (Wildman–Crippen LogP) is 12.1. The van der Waals surface area contributed by atoms with Crippen LogP contribution in [-0.2, 0) is 24.1 Å². The number of hydrogen-bond acceptors (Lipinski definition) is 26. The average molecular weight is 1700 g/mol. The van der Waals surface area contributed by atoms with Gasteiger partial charge in [0.1, 0.15) is 34.5 Å². The van der Waals surface area contributed by atoms with Crippen molar-refractivity contribution in [1.29, 1.82) is 0 Å². The number of halogens is 6. The van der Waals surface area contributed by atoms with Gasteiger partial charge in [-0.2, -0.15) is 50.0 Å². The van der Waals surface area contributed by atoms with Crippen LogP contribution in [0.25, 0.3) is 61.2 Å².